The molecule has 238 valence electrons. The fraction of sp³-hybridized carbons (Fsp3) is 0. The van der Waals surface area contributed by atoms with Gasteiger partial charge in [-0.15, -0.1) is 0 Å². The van der Waals surface area contributed by atoms with Crippen LogP contribution in [0.5, 0.6) is 0 Å². The van der Waals surface area contributed by atoms with Crippen molar-refractivity contribution in [3.8, 4) is 11.1 Å². The van der Waals surface area contributed by atoms with Crippen molar-refractivity contribution in [2.45, 2.75) is 0 Å². The van der Waals surface area contributed by atoms with Gasteiger partial charge in [0.05, 0.1) is 40.2 Å². The summed E-state index contributed by atoms with van der Waals surface area (Å²) in [5.41, 5.74) is -1.42. The van der Waals surface area contributed by atoms with Crippen LogP contribution in [0.25, 0.3) is 54.2 Å². The maximum absolute atomic E-state index is 15.4. The standard InChI is InChI=1S/C28Br2Cl8F8/c29-11-7-3(13(31)21(39)25(43)17(7)35)1(4-8(11)18(36)26(44)22(40)14(4)32)2-5-9(19(37)27(45)23(41)15(5)33)12(30)10-6(2)16(34)24(42)28(46)20(10)38. The van der Waals surface area contributed by atoms with Crippen molar-refractivity contribution >= 4 is 168 Å². The van der Waals surface area contributed by atoms with Crippen molar-refractivity contribution in [3.63, 3.8) is 0 Å². The predicted molar refractivity (Wildman–Crippen MR) is 177 cm³/mol. The van der Waals surface area contributed by atoms with Crippen LogP contribution in [0, 0.1) is 46.5 Å². The first-order chi connectivity index (χ1) is 21.4. The minimum atomic E-state index is -1.77. The van der Waals surface area contributed by atoms with Crippen LogP contribution in [-0.2, 0) is 0 Å². The molecule has 0 aliphatic heterocycles. The van der Waals surface area contributed by atoms with Gasteiger partial charge < -0.3 is 0 Å². The topological polar surface area (TPSA) is 0 Å². The molecule has 0 aliphatic rings. The summed E-state index contributed by atoms with van der Waals surface area (Å²) < 4.78 is 121. The lowest BCUT2D eigenvalue weighted by Gasteiger charge is -2.24. The number of hydrogen-bond acceptors (Lipinski definition) is 0. The van der Waals surface area contributed by atoms with Crippen molar-refractivity contribution in [1.29, 1.82) is 0 Å². The van der Waals surface area contributed by atoms with Crippen LogP contribution in [0.15, 0.2) is 8.95 Å². The van der Waals surface area contributed by atoms with Crippen LogP contribution < -0.4 is 0 Å². The first kappa shape index (κ1) is 34.9. The molecule has 0 aromatic heterocycles. The maximum atomic E-state index is 15.4. The summed E-state index contributed by atoms with van der Waals surface area (Å²) in [5.74, 6) is -13.9. The zero-order valence-electron chi connectivity index (χ0n) is 20.8. The SMILES string of the molecule is Fc1c(F)c(Cl)c2c(-c3c4c(Cl)c(F)c(F)c(Cl)c4c(Br)c4c(Cl)c(F)c(F)c(Cl)c34)c3c(Cl)c(F)c(F)c(Cl)c3c(Br)c2c1Cl. The monoisotopic (exact) mass is 926 g/mol. The molecule has 18 heteroatoms. The average Bonchev–Trinajstić information content (AvgIpc) is 3.02. The number of hydrogen-bond donors (Lipinski definition) is 0. The Labute approximate surface area is 307 Å². The molecule has 0 nitrogen and oxygen atoms in total. The summed E-state index contributed by atoms with van der Waals surface area (Å²) in [4.78, 5) is 0. The molecule has 0 heterocycles. The minimum absolute atomic E-state index is 0.397. The third-order valence-electron chi connectivity index (χ3n) is 7.20. The summed E-state index contributed by atoms with van der Waals surface area (Å²) in [7, 11) is 0. The fourth-order valence-electron chi connectivity index (χ4n) is 5.29. The molecule has 0 unspecified atom stereocenters. The average molecular weight is 932 g/mol. The van der Waals surface area contributed by atoms with Gasteiger partial charge in [0.15, 0.2) is 46.5 Å². The molecular formula is C28Br2Cl8F8. The third kappa shape index (κ3) is 4.44. The number of rotatable bonds is 1. The highest BCUT2D eigenvalue weighted by atomic mass is 79.9. The van der Waals surface area contributed by atoms with Crippen molar-refractivity contribution in [3.05, 3.63) is 95.7 Å². The third-order valence-corrected chi connectivity index (χ3v) is 11.6. The van der Waals surface area contributed by atoms with Gasteiger partial charge in [0, 0.05) is 63.2 Å². The van der Waals surface area contributed by atoms with E-state index in [1.165, 1.54) is 0 Å². The summed E-state index contributed by atoms with van der Waals surface area (Å²) >= 11 is 56.5. The van der Waals surface area contributed by atoms with Crippen molar-refractivity contribution in [2.75, 3.05) is 0 Å². The van der Waals surface area contributed by atoms with Gasteiger partial charge in [-0.25, -0.2) is 35.1 Å². The van der Waals surface area contributed by atoms with E-state index in [0.717, 1.165) is 0 Å². The lowest BCUT2D eigenvalue weighted by molar-refractivity contribution is 0.511. The van der Waals surface area contributed by atoms with Crippen molar-refractivity contribution < 1.29 is 35.1 Å². The van der Waals surface area contributed by atoms with Crippen LogP contribution in [0.4, 0.5) is 35.1 Å². The van der Waals surface area contributed by atoms with E-state index in [-0.39, 0.29) is 0 Å². The summed E-state index contributed by atoms with van der Waals surface area (Å²) in [6.07, 6.45) is 0. The quantitative estimate of drug-likeness (QED) is 0.0667. The minimum Gasteiger partial charge on any atom is -0.202 e. The summed E-state index contributed by atoms with van der Waals surface area (Å²) in [5, 5.41) is -13.1. The highest BCUT2D eigenvalue weighted by Gasteiger charge is 2.35. The molecule has 0 fully saturated rings. The molecule has 0 N–H and O–H groups in total. The summed E-state index contributed by atoms with van der Waals surface area (Å²) in [6, 6.07) is 0. The Morgan fingerprint density at radius 2 is 0.391 bits per heavy atom. The van der Waals surface area contributed by atoms with E-state index in [9.17, 15) is 0 Å². The largest absolute Gasteiger partial charge is 0.202 e. The molecule has 6 aromatic carbocycles. The van der Waals surface area contributed by atoms with Crippen molar-refractivity contribution in [1.82, 2.24) is 0 Å². The van der Waals surface area contributed by atoms with E-state index in [1.807, 2.05) is 0 Å². The molecule has 0 aliphatic carbocycles. The first-order valence-electron chi connectivity index (χ1n) is 11.7. The highest BCUT2D eigenvalue weighted by Crippen LogP contribution is 2.59. The zero-order valence-corrected chi connectivity index (χ0v) is 30.0. The Kier molecular flexibility index (Phi) is 9.00. The van der Waals surface area contributed by atoms with Crippen LogP contribution in [0.1, 0.15) is 0 Å². The molecule has 6 aromatic rings. The zero-order chi connectivity index (χ0) is 34.2. The molecule has 46 heavy (non-hydrogen) atoms. The molecule has 0 amide bonds. The van der Waals surface area contributed by atoms with E-state index >= 15 is 35.1 Å². The van der Waals surface area contributed by atoms with Crippen molar-refractivity contribution in [2.24, 2.45) is 0 Å². The first-order valence-corrected chi connectivity index (χ1v) is 16.3. The van der Waals surface area contributed by atoms with Gasteiger partial charge in [-0.2, -0.15) is 0 Å². The Bertz CT molecular complexity index is 2140. The van der Waals surface area contributed by atoms with E-state index in [0.29, 0.717) is 0 Å². The lowest BCUT2D eigenvalue weighted by atomic mass is 9.85. The van der Waals surface area contributed by atoms with Crippen LogP contribution in [-0.4, -0.2) is 0 Å². The molecule has 0 radical (unpaired) electrons. The summed E-state index contributed by atoms with van der Waals surface area (Å²) in [6.45, 7) is 0. The smallest absolute Gasteiger partial charge is 0.179 e. The van der Waals surface area contributed by atoms with Crippen LogP contribution in [0.2, 0.25) is 40.2 Å². The van der Waals surface area contributed by atoms with Gasteiger partial charge >= 0.3 is 0 Å². The normalized spacial score (nSPS) is 12.1. The van der Waals surface area contributed by atoms with E-state index < -0.39 is 150 Å². The van der Waals surface area contributed by atoms with E-state index in [1.54, 1.807) is 0 Å². The Morgan fingerprint density at radius 1 is 0.261 bits per heavy atom. The molecular weight excluding hydrogens is 932 g/mol. The van der Waals surface area contributed by atoms with Gasteiger partial charge in [-0.1, -0.05) is 92.8 Å². The van der Waals surface area contributed by atoms with Gasteiger partial charge in [0.25, 0.3) is 0 Å². The van der Waals surface area contributed by atoms with Gasteiger partial charge in [-0.3, -0.25) is 0 Å². The van der Waals surface area contributed by atoms with E-state index in [4.69, 9.17) is 92.8 Å². The fourth-order valence-corrected chi connectivity index (χ4v) is 9.51. The van der Waals surface area contributed by atoms with Crippen LogP contribution in [0.3, 0.4) is 0 Å². The Hall–Kier alpha value is -0.920. The predicted octanol–water partition coefficient (Wildman–Crippen LogP) is 15.8. The second-order valence-corrected chi connectivity index (χ2v) is 14.0. The molecule has 0 saturated heterocycles. The second-order valence-electron chi connectivity index (χ2n) is 9.40. The number of fused-ring (bicyclic) bond motifs is 4. The maximum Gasteiger partial charge on any atom is 0.179 e. The van der Waals surface area contributed by atoms with Crippen LogP contribution >= 0.6 is 125 Å². The number of halogens is 18. The molecule has 0 spiro atoms. The molecule has 0 atom stereocenters. The highest BCUT2D eigenvalue weighted by molar-refractivity contribution is 9.11. The Morgan fingerprint density at radius 3 is 0.543 bits per heavy atom. The molecule has 0 bridgehead atoms. The number of benzene rings is 6. The van der Waals surface area contributed by atoms with Gasteiger partial charge in [-0.05, 0) is 31.9 Å². The molecule has 6 rings (SSSR count). The lowest BCUT2D eigenvalue weighted by Crippen LogP contribution is -2.02. The second kappa shape index (κ2) is 11.9. The van der Waals surface area contributed by atoms with Gasteiger partial charge in [0.1, 0.15) is 0 Å². The van der Waals surface area contributed by atoms with E-state index in [2.05, 4.69) is 31.9 Å². The van der Waals surface area contributed by atoms with Gasteiger partial charge in [0.2, 0.25) is 0 Å². The Balaban J connectivity index is 2.21. The molecule has 0 saturated carbocycles.